The van der Waals surface area contributed by atoms with Gasteiger partial charge in [-0.25, -0.2) is 5.01 Å². The number of furan rings is 1. The lowest BCUT2D eigenvalue weighted by Gasteiger charge is -2.38. The van der Waals surface area contributed by atoms with Crippen molar-refractivity contribution in [3.8, 4) is 17.2 Å². The van der Waals surface area contributed by atoms with Crippen LogP contribution in [-0.2, 0) is 0 Å². The van der Waals surface area contributed by atoms with Crippen LogP contribution in [0.25, 0.3) is 0 Å². The third-order valence-corrected chi connectivity index (χ3v) is 5.26. The summed E-state index contributed by atoms with van der Waals surface area (Å²) < 4.78 is 23.4. The molecule has 2 atom stereocenters. The predicted molar refractivity (Wildman–Crippen MR) is 108 cm³/mol. The van der Waals surface area contributed by atoms with E-state index in [1.54, 1.807) is 13.4 Å². The van der Waals surface area contributed by atoms with Crippen LogP contribution in [0.1, 0.15) is 42.5 Å². The summed E-state index contributed by atoms with van der Waals surface area (Å²) in [4.78, 5) is 0. The van der Waals surface area contributed by atoms with E-state index >= 15 is 0 Å². The fraction of sp³-hybridized carbons (Fsp3) is 0.261. The van der Waals surface area contributed by atoms with Crippen molar-refractivity contribution in [3.63, 3.8) is 0 Å². The van der Waals surface area contributed by atoms with Gasteiger partial charge in [-0.1, -0.05) is 24.3 Å². The van der Waals surface area contributed by atoms with E-state index in [0.29, 0.717) is 6.61 Å². The van der Waals surface area contributed by atoms with Gasteiger partial charge < -0.3 is 18.6 Å². The van der Waals surface area contributed by atoms with E-state index in [1.165, 1.54) is 0 Å². The first-order valence-corrected chi connectivity index (χ1v) is 9.74. The van der Waals surface area contributed by atoms with Crippen LogP contribution in [0.15, 0.2) is 70.4 Å². The van der Waals surface area contributed by atoms with Gasteiger partial charge >= 0.3 is 0 Å². The molecular formula is C23H22N2O4. The molecular weight excluding hydrogens is 368 g/mol. The summed E-state index contributed by atoms with van der Waals surface area (Å²) in [5.41, 5.74) is 2.95. The van der Waals surface area contributed by atoms with Gasteiger partial charge in [-0.2, -0.15) is 5.10 Å². The third-order valence-electron chi connectivity index (χ3n) is 5.26. The lowest BCUT2D eigenvalue weighted by molar-refractivity contribution is -0.0213. The number of nitrogens with zero attached hydrogens (tertiary/aromatic N) is 2. The molecule has 2 aliphatic rings. The second-order valence-electron chi connectivity index (χ2n) is 6.98. The molecule has 0 spiro atoms. The number of hydrazone groups is 1. The molecule has 6 heteroatoms. The molecule has 0 N–H and O–H groups in total. The van der Waals surface area contributed by atoms with E-state index < -0.39 is 6.23 Å². The number of fused-ring (bicyclic) bond motifs is 3. The van der Waals surface area contributed by atoms with Gasteiger partial charge in [-0.05, 0) is 37.3 Å². The SMILES string of the molecule is CCOc1cccc2c1O[C@@H](c1cccc(OC)c1)N1N=C(c3ccco3)C[C@H]21. The number of para-hydroxylation sites is 1. The molecule has 0 fully saturated rings. The standard InChI is InChI=1S/C23H22N2O4/c1-3-27-21-10-5-9-17-19-14-18(20-11-6-12-28-20)24-25(19)23(29-22(17)21)15-7-4-8-16(13-15)26-2/h4-13,19,23H,3,14H2,1-2H3/t19-,23+/m1/s1. The van der Waals surface area contributed by atoms with Gasteiger partial charge in [0.15, 0.2) is 11.5 Å². The first-order valence-electron chi connectivity index (χ1n) is 9.74. The molecule has 5 rings (SSSR count). The van der Waals surface area contributed by atoms with E-state index in [-0.39, 0.29) is 6.04 Å². The Balaban J connectivity index is 1.62. The lowest BCUT2D eigenvalue weighted by atomic mass is 9.97. The van der Waals surface area contributed by atoms with E-state index in [2.05, 4.69) is 6.07 Å². The summed E-state index contributed by atoms with van der Waals surface area (Å²) in [5, 5.41) is 6.91. The average Bonchev–Trinajstić information content (AvgIpc) is 3.44. The van der Waals surface area contributed by atoms with Crippen LogP contribution in [0.2, 0.25) is 0 Å². The monoisotopic (exact) mass is 390 g/mol. The molecule has 0 amide bonds. The molecule has 0 aliphatic carbocycles. The van der Waals surface area contributed by atoms with Crippen LogP contribution >= 0.6 is 0 Å². The number of methoxy groups -OCH3 is 1. The summed E-state index contributed by atoms with van der Waals surface area (Å²) in [5.74, 6) is 3.09. The average molecular weight is 390 g/mol. The minimum Gasteiger partial charge on any atom is -0.497 e. The lowest BCUT2D eigenvalue weighted by Crippen LogP contribution is -2.34. The molecule has 2 aromatic carbocycles. The zero-order valence-corrected chi connectivity index (χ0v) is 16.4. The predicted octanol–water partition coefficient (Wildman–Crippen LogP) is 4.93. The van der Waals surface area contributed by atoms with E-state index in [4.69, 9.17) is 23.7 Å². The van der Waals surface area contributed by atoms with E-state index in [0.717, 1.165) is 46.3 Å². The fourth-order valence-electron chi connectivity index (χ4n) is 3.96. The number of hydrogen-bond acceptors (Lipinski definition) is 6. The first kappa shape index (κ1) is 17.7. The maximum Gasteiger partial charge on any atom is 0.214 e. The Bertz CT molecular complexity index is 1040. The Labute approximate surface area is 169 Å². The molecule has 2 aliphatic heterocycles. The van der Waals surface area contributed by atoms with Gasteiger partial charge in [0, 0.05) is 17.5 Å². The number of rotatable bonds is 5. The van der Waals surface area contributed by atoms with Crippen molar-refractivity contribution >= 4 is 5.71 Å². The van der Waals surface area contributed by atoms with Crippen molar-refractivity contribution in [2.24, 2.45) is 5.10 Å². The summed E-state index contributed by atoms with van der Waals surface area (Å²) >= 11 is 0. The van der Waals surface area contributed by atoms with Gasteiger partial charge in [0.25, 0.3) is 0 Å². The van der Waals surface area contributed by atoms with E-state index in [1.807, 2.05) is 60.5 Å². The van der Waals surface area contributed by atoms with Gasteiger partial charge in [0.05, 0.1) is 26.0 Å². The maximum absolute atomic E-state index is 6.49. The van der Waals surface area contributed by atoms with Crippen LogP contribution in [-0.4, -0.2) is 24.4 Å². The summed E-state index contributed by atoms with van der Waals surface area (Å²) in [7, 11) is 1.66. The smallest absolute Gasteiger partial charge is 0.214 e. The molecule has 3 heterocycles. The molecule has 1 aromatic heterocycles. The molecule has 0 bridgehead atoms. The van der Waals surface area contributed by atoms with Crippen LogP contribution in [0.5, 0.6) is 17.2 Å². The van der Waals surface area contributed by atoms with E-state index in [9.17, 15) is 0 Å². The van der Waals surface area contributed by atoms with Crippen molar-refractivity contribution in [2.75, 3.05) is 13.7 Å². The Morgan fingerprint density at radius 2 is 2.03 bits per heavy atom. The first-order chi connectivity index (χ1) is 14.3. The van der Waals surface area contributed by atoms with Gasteiger partial charge in [-0.3, -0.25) is 0 Å². The van der Waals surface area contributed by atoms with Gasteiger partial charge in [0.1, 0.15) is 17.2 Å². The molecule has 6 nitrogen and oxygen atoms in total. The van der Waals surface area contributed by atoms with Crippen molar-refractivity contribution in [3.05, 3.63) is 77.7 Å². The Morgan fingerprint density at radius 3 is 2.83 bits per heavy atom. The van der Waals surface area contributed by atoms with Crippen LogP contribution in [0.3, 0.4) is 0 Å². The minimum absolute atomic E-state index is 0.0375. The van der Waals surface area contributed by atoms with Crippen LogP contribution in [0, 0.1) is 0 Å². The zero-order valence-electron chi connectivity index (χ0n) is 16.4. The molecule has 0 radical (unpaired) electrons. The Kier molecular flexibility index (Phi) is 4.39. The van der Waals surface area contributed by atoms with Crippen molar-refractivity contribution in [1.29, 1.82) is 0 Å². The summed E-state index contributed by atoms with van der Waals surface area (Å²) in [6.07, 6.45) is 2.02. The Hall–Kier alpha value is -3.41. The summed E-state index contributed by atoms with van der Waals surface area (Å²) in [6, 6.07) is 17.8. The maximum atomic E-state index is 6.49. The van der Waals surface area contributed by atoms with Gasteiger partial charge in [-0.15, -0.1) is 0 Å². The quantitative estimate of drug-likeness (QED) is 0.618. The molecule has 0 unspecified atom stereocenters. The second kappa shape index (κ2) is 7.20. The van der Waals surface area contributed by atoms with Crippen molar-refractivity contribution < 1.29 is 18.6 Å². The largest absolute Gasteiger partial charge is 0.497 e. The summed E-state index contributed by atoms with van der Waals surface area (Å²) in [6.45, 7) is 2.55. The van der Waals surface area contributed by atoms with Crippen molar-refractivity contribution in [2.45, 2.75) is 25.6 Å². The highest BCUT2D eigenvalue weighted by atomic mass is 16.5. The molecule has 29 heavy (non-hydrogen) atoms. The number of hydrogen-bond donors (Lipinski definition) is 0. The fourth-order valence-corrected chi connectivity index (χ4v) is 3.96. The minimum atomic E-state index is -0.392. The molecule has 0 saturated carbocycles. The highest BCUT2D eigenvalue weighted by molar-refractivity contribution is 5.99. The second-order valence-corrected chi connectivity index (χ2v) is 6.98. The zero-order chi connectivity index (χ0) is 19.8. The Morgan fingerprint density at radius 1 is 1.14 bits per heavy atom. The number of ether oxygens (including phenoxy) is 3. The topological polar surface area (TPSA) is 56.4 Å². The molecule has 0 saturated heterocycles. The van der Waals surface area contributed by atoms with Gasteiger partial charge in [0.2, 0.25) is 6.23 Å². The normalized spacial score (nSPS) is 19.8. The highest BCUT2D eigenvalue weighted by Gasteiger charge is 2.42. The van der Waals surface area contributed by atoms with Crippen LogP contribution in [0.4, 0.5) is 0 Å². The number of benzene rings is 2. The third kappa shape index (κ3) is 3.01. The molecule has 148 valence electrons. The van der Waals surface area contributed by atoms with Crippen molar-refractivity contribution in [1.82, 2.24) is 5.01 Å². The van der Waals surface area contributed by atoms with Crippen LogP contribution < -0.4 is 14.2 Å². The highest BCUT2D eigenvalue weighted by Crippen LogP contribution is 2.50. The molecule has 3 aromatic rings.